The second-order valence-electron chi connectivity index (χ2n) is 6.49. The average Bonchev–Trinajstić information content (AvgIpc) is 3.40. The van der Waals surface area contributed by atoms with Crippen LogP contribution in [0.3, 0.4) is 0 Å². The van der Waals surface area contributed by atoms with Crippen molar-refractivity contribution in [2.45, 2.75) is 51.6 Å². The highest BCUT2D eigenvalue weighted by atomic mass is 16.2. The van der Waals surface area contributed by atoms with Gasteiger partial charge in [-0.05, 0) is 51.4 Å². The van der Waals surface area contributed by atoms with Gasteiger partial charge in [0.05, 0.1) is 12.4 Å². The molecule has 2 aliphatic carbocycles. The van der Waals surface area contributed by atoms with E-state index in [-0.39, 0.29) is 35.3 Å². The topological polar surface area (TPSA) is 84.0 Å². The van der Waals surface area contributed by atoms with Crippen molar-refractivity contribution in [2.24, 2.45) is 11.8 Å². The molecule has 0 bridgehead atoms. The van der Waals surface area contributed by atoms with Crippen LogP contribution in [0.25, 0.3) is 0 Å². The maximum atomic E-state index is 12.0. The Kier molecular flexibility index (Phi) is 4.09. The van der Waals surface area contributed by atoms with Gasteiger partial charge < -0.3 is 10.6 Å². The third-order valence-corrected chi connectivity index (χ3v) is 4.49. The minimum Gasteiger partial charge on any atom is -0.348 e. The third-order valence-electron chi connectivity index (χ3n) is 4.49. The van der Waals surface area contributed by atoms with Gasteiger partial charge in [0.25, 0.3) is 11.8 Å². The molecule has 0 saturated heterocycles. The average molecular weight is 302 g/mol. The van der Waals surface area contributed by atoms with Crippen LogP contribution in [0, 0.1) is 11.8 Å². The summed E-state index contributed by atoms with van der Waals surface area (Å²) in [7, 11) is 0. The van der Waals surface area contributed by atoms with E-state index in [4.69, 9.17) is 0 Å². The van der Waals surface area contributed by atoms with Gasteiger partial charge in [0.1, 0.15) is 11.4 Å². The molecule has 1 heterocycles. The lowest BCUT2D eigenvalue weighted by atomic mass is 10.2. The van der Waals surface area contributed by atoms with Gasteiger partial charge in [0, 0.05) is 12.1 Å². The molecule has 1 aromatic rings. The molecule has 2 amide bonds. The van der Waals surface area contributed by atoms with Crippen molar-refractivity contribution < 1.29 is 9.59 Å². The number of hydrogen-bond donors (Lipinski definition) is 2. The summed E-state index contributed by atoms with van der Waals surface area (Å²) < 4.78 is 0. The lowest BCUT2D eigenvalue weighted by Crippen LogP contribution is -2.36. The van der Waals surface area contributed by atoms with Gasteiger partial charge in [-0.15, -0.1) is 0 Å². The highest BCUT2D eigenvalue weighted by molar-refractivity contribution is 5.94. The van der Waals surface area contributed by atoms with Crippen LogP contribution >= 0.6 is 0 Å². The number of carbonyl (C=O) groups is 2. The molecule has 0 spiro atoms. The molecule has 0 radical (unpaired) electrons. The number of nitrogens with zero attached hydrogens (tertiary/aromatic N) is 2. The lowest BCUT2D eigenvalue weighted by Gasteiger charge is -2.13. The van der Waals surface area contributed by atoms with Crippen LogP contribution in [0.1, 0.15) is 60.5 Å². The molecule has 22 heavy (non-hydrogen) atoms. The fourth-order valence-corrected chi connectivity index (χ4v) is 2.55. The Hall–Kier alpha value is -1.98. The van der Waals surface area contributed by atoms with E-state index in [0.717, 1.165) is 0 Å². The molecule has 0 unspecified atom stereocenters. The van der Waals surface area contributed by atoms with E-state index in [0.29, 0.717) is 11.8 Å². The number of nitrogens with one attached hydrogen (secondary N) is 2. The Morgan fingerprint density at radius 3 is 1.55 bits per heavy atom. The van der Waals surface area contributed by atoms with Crippen LogP contribution < -0.4 is 10.6 Å². The van der Waals surface area contributed by atoms with E-state index in [2.05, 4.69) is 20.6 Å². The van der Waals surface area contributed by atoms with Gasteiger partial charge >= 0.3 is 0 Å². The predicted molar refractivity (Wildman–Crippen MR) is 81.3 cm³/mol. The van der Waals surface area contributed by atoms with Gasteiger partial charge in [-0.25, -0.2) is 9.97 Å². The monoisotopic (exact) mass is 302 g/mol. The van der Waals surface area contributed by atoms with Crippen LogP contribution in [0.5, 0.6) is 0 Å². The number of carbonyl (C=O) groups excluding carboxylic acids is 2. The highest BCUT2D eigenvalue weighted by Crippen LogP contribution is 2.32. The van der Waals surface area contributed by atoms with Gasteiger partial charge in [-0.2, -0.15) is 0 Å². The first-order valence-electron chi connectivity index (χ1n) is 7.98. The number of rotatable bonds is 6. The zero-order chi connectivity index (χ0) is 15.7. The van der Waals surface area contributed by atoms with E-state index in [1.807, 2.05) is 13.8 Å². The fraction of sp³-hybridized carbons (Fsp3) is 0.625. The Balaban J connectivity index is 1.56. The van der Waals surface area contributed by atoms with E-state index >= 15 is 0 Å². The third kappa shape index (κ3) is 3.61. The van der Waals surface area contributed by atoms with Crippen LogP contribution in [0.2, 0.25) is 0 Å². The standard InChI is InChI=1S/C16H22N4O2/c1-9(11-3-4-11)19-15(21)13-7-18-14(8-17-13)16(22)20-10(2)12-5-6-12/h7-12H,3-6H2,1-2H3,(H,19,21)(H,20,22)/t9-,10-/m1/s1. The van der Waals surface area contributed by atoms with Crippen molar-refractivity contribution in [1.29, 1.82) is 0 Å². The molecular weight excluding hydrogens is 280 g/mol. The molecular formula is C16H22N4O2. The van der Waals surface area contributed by atoms with Crippen molar-refractivity contribution in [1.82, 2.24) is 20.6 Å². The summed E-state index contributed by atoms with van der Waals surface area (Å²) in [6.07, 6.45) is 7.42. The second-order valence-corrected chi connectivity index (χ2v) is 6.49. The van der Waals surface area contributed by atoms with Crippen LogP contribution in [0.4, 0.5) is 0 Å². The minimum absolute atomic E-state index is 0.164. The highest BCUT2D eigenvalue weighted by Gasteiger charge is 2.30. The summed E-state index contributed by atoms with van der Waals surface area (Å²) in [5.41, 5.74) is 0.499. The van der Waals surface area contributed by atoms with E-state index in [1.54, 1.807) is 0 Å². The molecule has 0 aromatic carbocycles. The molecule has 6 heteroatoms. The van der Waals surface area contributed by atoms with Crippen molar-refractivity contribution in [3.8, 4) is 0 Å². The van der Waals surface area contributed by atoms with Gasteiger partial charge in [-0.3, -0.25) is 9.59 Å². The maximum absolute atomic E-state index is 12.0. The summed E-state index contributed by atoms with van der Waals surface area (Å²) in [6.45, 7) is 4.01. The summed E-state index contributed by atoms with van der Waals surface area (Å²) >= 11 is 0. The van der Waals surface area contributed by atoms with Crippen molar-refractivity contribution >= 4 is 11.8 Å². The lowest BCUT2D eigenvalue weighted by molar-refractivity contribution is 0.0915. The number of hydrogen-bond acceptors (Lipinski definition) is 4. The molecule has 2 N–H and O–H groups in total. The second kappa shape index (κ2) is 6.02. The zero-order valence-electron chi connectivity index (χ0n) is 13.0. The van der Waals surface area contributed by atoms with E-state index < -0.39 is 0 Å². The zero-order valence-corrected chi connectivity index (χ0v) is 13.0. The Morgan fingerprint density at radius 1 is 0.909 bits per heavy atom. The molecule has 2 fully saturated rings. The molecule has 1 aromatic heterocycles. The number of aromatic nitrogens is 2. The Morgan fingerprint density at radius 2 is 1.27 bits per heavy atom. The Bertz CT molecular complexity index is 513. The fourth-order valence-electron chi connectivity index (χ4n) is 2.55. The minimum atomic E-state index is -0.231. The summed E-state index contributed by atoms with van der Waals surface area (Å²) in [6, 6.07) is 0.327. The summed E-state index contributed by atoms with van der Waals surface area (Å²) in [4.78, 5) is 32.2. The maximum Gasteiger partial charge on any atom is 0.271 e. The molecule has 0 aliphatic heterocycles. The molecule has 118 valence electrons. The quantitative estimate of drug-likeness (QED) is 0.834. The molecule has 6 nitrogen and oxygen atoms in total. The first kappa shape index (κ1) is 14.9. The summed E-state index contributed by atoms with van der Waals surface area (Å²) in [5.74, 6) is 0.715. The molecule has 2 atom stereocenters. The van der Waals surface area contributed by atoms with Gasteiger partial charge in [-0.1, -0.05) is 0 Å². The van der Waals surface area contributed by atoms with Crippen LogP contribution in [-0.4, -0.2) is 33.9 Å². The molecule has 3 rings (SSSR count). The molecule has 2 saturated carbocycles. The molecule has 2 aliphatic rings. The van der Waals surface area contributed by atoms with Crippen LogP contribution in [-0.2, 0) is 0 Å². The van der Waals surface area contributed by atoms with Crippen LogP contribution in [0.15, 0.2) is 12.4 Å². The van der Waals surface area contributed by atoms with Gasteiger partial charge in [0.15, 0.2) is 0 Å². The summed E-state index contributed by atoms with van der Waals surface area (Å²) in [5, 5.41) is 5.84. The smallest absolute Gasteiger partial charge is 0.271 e. The SMILES string of the molecule is C[C@@H](NC(=O)c1cnc(C(=O)N[C@H](C)C2CC2)cn1)C1CC1. The number of amides is 2. The normalized spacial score (nSPS) is 20.1. The van der Waals surface area contributed by atoms with E-state index in [1.165, 1.54) is 38.1 Å². The van der Waals surface area contributed by atoms with E-state index in [9.17, 15) is 9.59 Å². The first-order valence-corrected chi connectivity index (χ1v) is 7.98. The van der Waals surface area contributed by atoms with Crippen molar-refractivity contribution in [3.05, 3.63) is 23.8 Å². The van der Waals surface area contributed by atoms with Gasteiger partial charge in [0.2, 0.25) is 0 Å². The first-order chi connectivity index (χ1) is 10.5. The Labute approximate surface area is 130 Å². The largest absolute Gasteiger partial charge is 0.348 e. The predicted octanol–water partition coefficient (Wildman–Crippen LogP) is 1.53. The van der Waals surface area contributed by atoms with Crippen molar-refractivity contribution in [2.75, 3.05) is 0 Å². The van der Waals surface area contributed by atoms with Crippen molar-refractivity contribution in [3.63, 3.8) is 0 Å².